The number of amides is 3. The van der Waals surface area contributed by atoms with Gasteiger partial charge in [-0.1, -0.05) is 68.2 Å². The van der Waals surface area contributed by atoms with Crippen molar-refractivity contribution >= 4 is 52.5 Å². The lowest BCUT2D eigenvalue weighted by molar-refractivity contribution is -0.146. The molecular weight excluding hydrogens is 529 g/mol. The molecule has 4 N–H and O–H groups in total. The Morgan fingerprint density at radius 2 is 1.55 bits per heavy atom. The number of anilines is 2. The molecule has 3 amide bonds. The second-order valence-electron chi connectivity index (χ2n) is 9.70. The van der Waals surface area contributed by atoms with Crippen molar-refractivity contribution in [2.45, 2.75) is 38.8 Å². The minimum absolute atomic E-state index is 0.0530. The first kappa shape index (κ1) is 29.0. The standard InChI is InChI=1S/C28H29Cl2N3O5/c1-28(2,3)19-8-11-21(12-9-19)33(27(38)32-20-10-13-22(29)23(30)14-20)16-17-4-6-18(7-5-17)25(35)31-15-24(34)26(36)37/h4-14,24,34H,15-16H2,1-3H3,(H,31,35)(H,32,38)(H,36,37). The molecule has 8 nitrogen and oxygen atoms in total. The smallest absolute Gasteiger partial charge is 0.334 e. The van der Waals surface area contributed by atoms with Crippen LogP contribution in [-0.4, -0.2) is 40.8 Å². The molecule has 0 aromatic heterocycles. The van der Waals surface area contributed by atoms with Gasteiger partial charge >= 0.3 is 12.0 Å². The molecule has 200 valence electrons. The molecule has 0 aliphatic heterocycles. The van der Waals surface area contributed by atoms with Crippen LogP contribution in [0.15, 0.2) is 66.7 Å². The van der Waals surface area contributed by atoms with Crippen LogP contribution >= 0.6 is 23.2 Å². The number of carboxylic acids is 1. The highest BCUT2D eigenvalue weighted by molar-refractivity contribution is 6.42. The Bertz CT molecular complexity index is 1310. The van der Waals surface area contributed by atoms with Crippen LogP contribution in [0.2, 0.25) is 10.0 Å². The molecule has 1 unspecified atom stereocenters. The number of aliphatic hydroxyl groups excluding tert-OH is 1. The number of halogens is 2. The van der Waals surface area contributed by atoms with E-state index in [1.54, 1.807) is 47.4 Å². The maximum Gasteiger partial charge on any atom is 0.334 e. The van der Waals surface area contributed by atoms with Gasteiger partial charge in [0.1, 0.15) is 0 Å². The molecule has 38 heavy (non-hydrogen) atoms. The molecule has 1 atom stereocenters. The van der Waals surface area contributed by atoms with E-state index in [9.17, 15) is 19.5 Å². The summed E-state index contributed by atoms with van der Waals surface area (Å²) in [5, 5.41) is 24.0. The van der Waals surface area contributed by atoms with E-state index in [1.807, 2.05) is 24.3 Å². The van der Waals surface area contributed by atoms with Gasteiger partial charge in [0.15, 0.2) is 6.10 Å². The van der Waals surface area contributed by atoms with E-state index < -0.39 is 30.6 Å². The molecular formula is C28H29Cl2N3O5. The number of hydrogen-bond acceptors (Lipinski definition) is 4. The zero-order valence-electron chi connectivity index (χ0n) is 21.2. The summed E-state index contributed by atoms with van der Waals surface area (Å²) in [6, 6.07) is 18.7. The predicted octanol–water partition coefficient (Wildman–Crippen LogP) is 5.70. The minimum Gasteiger partial charge on any atom is -0.479 e. The number of aliphatic hydroxyl groups is 1. The lowest BCUT2D eigenvalue weighted by Crippen LogP contribution is -2.36. The number of nitrogens with zero attached hydrogens (tertiary/aromatic N) is 1. The van der Waals surface area contributed by atoms with Gasteiger partial charge in [-0.2, -0.15) is 0 Å². The number of hydrogen-bond donors (Lipinski definition) is 4. The van der Waals surface area contributed by atoms with Crippen molar-refractivity contribution in [3.8, 4) is 0 Å². The molecule has 0 saturated carbocycles. The van der Waals surface area contributed by atoms with Crippen LogP contribution < -0.4 is 15.5 Å². The number of carbonyl (C=O) groups is 3. The van der Waals surface area contributed by atoms with Gasteiger partial charge in [0.05, 0.1) is 23.1 Å². The Hall–Kier alpha value is -3.59. The van der Waals surface area contributed by atoms with E-state index in [0.717, 1.165) is 11.1 Å². The summed E-state index contributed by atoms with van der Waals surface area (Å²) in [6.45, 7) is 6.11. The first-order chi connectivity index (χ1) is 17.8. The Balaban J connectivity index is 1.82. The highest BCUT2D eigenvalue weighted by atomic mass is 35.5. The topological polar surface area (TPSA) is 119 Å². The molecule has 0 bridgehead atoms. The zero-order valence-corrected chi connectivity index (χ0v) is 22.7. The van der Waals surface area contributed by atoms with Crippen molar-refractivity contribution in [2.75, 3.05) is 16.8 Å². The largest absolute Gasteiger partial charge is 0.479 e. The summed E-state index contributed by atoms with van der Waals surface area (Å²) in [5.41, 5.74) is 3.25. The van der Waals surface area contributed by atoms with Crippen LogP contribution in [-0.2, 0) is 16.8 Å². The predicted molar refractivity (Wildman–Crippen MR) is 149 cm³/mol. The minimum atomic E-state index is -1.69. The van der Waals surface area contributed by atoms with Crippen molar-refractivity contribution < 1.29 is 24.6 Å². The summed E-state index contributed by atoms with van der Waals surface area (Å²) < 4.78 is 0. The number of benzene rings is 3. The van der Waals surface area contributed by atoms with Crippen LogP contribution in [0, 0.1) is 0 Å². The van der Waals surface area contributed by atoms with Crippen LogP contribution in [0.25, 0.3) is 0 Å². The third-order valence-corrected chi connectivity index (χ3v) is 6.50. The van der Waals surface area contributed by atoms with Crippen molar-refractivity contribution in [3.05, 3.63) is 93.5 Å². The third-order valence-electron chi connectivity index (χ3n) is 5.76. The number of aliphatic carboxylic acids is 1. The normalized spacial score (nSPS) is 11.9. The molecule has 0 radical (unpaired) electrons. The van der Waals surface area contributed by atoms with Gasteiger partial charge in [0.25, 0.3) is 5.91 Å². The van der Waals surface area contributed by atoms with Gasteiger partial charge in [0, 0.05) is 16.9 Å². The fourth-order valence-corrected chi connectivity index (χ4v) is 3.81. The van der Waals surface area contributed by atoms with E-state index in [2.05, 4.69) is 31.4 Å². The zero-order chi connectivity index (χ0) is 28.0. The lowest BCUT2D eigenvalue weighted by Gasteiger charge is -2.25. The highest BCUT2D eigenvalue weighted by Crippen LogP contribution is 2.28. The Kier molecular flexibility index (Phi) is 9.38. The van der Waals surface area contributed by atoms with Gasteiger partial charge in [-0.25, -0.2) is 9.59 Å². The van der Waals surface area contributed by atoms with E-state index in [1.165, 1.54) is 0 Å². The fourth-order valence-electron chi connectivity index (χ4n) is 3.51. The average Bonchev–Trinajstić information content (AvgIpc) is 2.87. The van der Waals surface area contributed by atoms with E-state index in [4.69, 9.17) is 28.3 Å². The number of rotatable bonds is 8. The molecule has 0 fully saturated rings. The molecule has 0 aliphatic carbocycles. The van der Waals surface area contributed by atoms with Crippen LogP contribution in [0.3, 0.4) is 0 Å². The quantitative estimate of drug-likeness (QED) is 0.283. The molecule has 0 spiro atoms. The summed E-state index contributed by atoms with van der Waals surface area (Å²) in [5.74, 6) is -1.95. The Morgan fingerprint density at radius 3 is 2.11 bits per heavy atom. The average molecular weight is 558 g/mol. The summed E-state index contributed by atoms with van der Waals surface area (Å²) in [4.78, 5) is 38.0. The van der Waals surface area contributed by atoms with Crippen molar-refractivity contribution in [1.29, 1.82) is 0 Å². The first-order valence-corrected chi connectivity index (χ1v) is 12.5. The van der Waals surface area contributed by atoms with Crippen LogP contribution in [0.5, 0.6) is 0 Å². The summed E-state index contributed by atoms with van der Waals surface area (Å²) in [7, 11) is 0. The molecule has 10 heteroatoms. The third kappa shape index (κ3) is 7.71. The van der Waals surface area contributed by atoms with Gasteiger partial charge in [-0.05, 0) is 59.0 Å². The van der Waals surface area contributed by atoms with Gasteiger partial charge < -0.3 is 20.8 Å². The second-order valence-corrected chi connectivity index (χ2v) is 10.5. The second kappa shape index (κ2) is 12.3. The maximum absolute atomic E-state index is 13.4. The summed E-state index contributed by atoms with van der Waals surface area (Å²) >= 11 is 12.1. The highest BCUT2D eigenvalue weighted by Gasteiger charge is 2.20. The van der Waals surface area contributed by atoms with E-state index in [-0.39, 0.29) is 17.5 Å². The Morgan fingerprint density at radius 1 is 0.921 bits per heavy atom. The molecule has 3 rings (SSSR count). The van der Waals surface area contributed by atoms with Crippen LogP contribution in [0.1, 0.15) is 42.3 Å². The van der Waals surface area contributed by atoms with Gasteiger partial charge in [-0.3, -0.25) is 9.69 Å². The number of carboxylic acid groups (broad SMARTS) is 1. The molecule has 0 saturated heterocycles. The van der Waals surface area contributed by atoms with Crippen LogP contribution in [0.4, 0.5) is 16.2 Å². The van der Waals surface area contributed by atoms with E-state index in [0.29, 0.717) is 21.4 Å². The van der Waals surface area contributed by atoms with Gasteiger partial charge in [0.2, 0.25) is 0 Å². The molecule has 0 aliphatic rings. The Labute approximate surface area is 231 Å². The van der Waals surface area contributed by atoms with Gasteiger partial charge in [-0.15, -0.1) is 0 Å². The van der Waals surface area contributed by atoms with Crippen molar-refractivity contribution in [1.82, 2.24) is 5.32 Å². The van der Waals surface area contributed by atoms with E-state index >= 15 is 0 Å². The van der Waals surface area contributed by atoms with Crippen molar-refractivity contribution in [2.24, 2.45) is 0 Å². The van der Waals surface area contributed by atoms with Crippen molar-refractivity contribution in [3.63, 3.8) is 0 Å². The number of urea groups is 1. The molecule has 3 aromatic carbocycles. The SMILES string of the molecule is CC(C)(C)c1ccc(N(Cc2ccc(C(=O)NCC(O)C(=O)O)cc2)C(=O)Nc2ccc(Cl)c(Cl)c2)cc1. The monoisotopic (exact) mass is 557 g/mol. The summed E-state index contributed by atoms with van der Waals surface area (Å²) in [6.07, 6.45) is -1.69. The maximum atomic E-state index is 13.4. The number of carbonyl (C=O) groups excluding carboxylic acids is 2. The fraction of sp³-hybridized carbons (Fsp3) is 0.250. The first-order valence-electron chi connectivity index (χ1n) is 11.8. The lowest BCUT2D eigenvalue weighted by atomic mass is 9.87. The number of nitrogens with one attached hydrogen (secondary N) is 2. The molecule has 0 heterocycles. The molecule has 3 aromatic rings.